The van der Waals surface area contributed by atoms with Crippen LogP contribution in [0.15, 0.2) is 6.33 Å². The van der Waals surface area contributed by atoms with Crippen molar-refractivity contribution in [3.05, 3.63) is 11.3 Å². The smallest absolute Gasteiger partial charge is 0.242 e. The van der Waals surface area contributed by atoms with Gasteiger partial charge < -0.3 is 16.8 Å². The van der Waals surface area contributed by atoms with Crippen LogP contribution in [-0.4, -0.2) is 21.4 Å². The lowest BCUT2D eigenvalue weighted by molar-refractivity contribution is -0.121. The summed E-state index contributed by atoms with van der Waals surface area (Å²) in [5.74, 6) is -0.0850. The van der Waals surface area contributed by atoms with Crippen LogP contribution in [0.25, 0.3) is 0 Å². The van der Waals surface area contributed by atoms with Crippen molar-refractivity contribution in [1.29, 1.82) is 0 Å². The highest BCUT2D eigenvalue weighted by Crippen LogP contribution is 2.25. The fourth-order valence-electron chi connectivity index (χ4n) is 0.828. The molecular weight excluding hydrogens is 218 g/mol. The van der Waals surface area contributed by atoms with Crippen molar-refractivity contribution in [3.63, 3.8) is 0 Å². The zero-order valence-electron chi connectivity index (χ0n) is 8.41. The van der Waals surface area contributed by atoms with E-state index in [-0.39, 0.29) is 16.7 Å². The highest BCUT2D eigenvalue weighted by atomic mass is 35.5. The second-order valence-corrected chi connectivity index (χ2v) is 3.91. The predicted molar refractivity (Wildman–Crippen MR) is 58.4 cm³/mol. The summed E-state index contributed by atoms with van der Waals surface area (Å²) in [5, 5.41) is 2.96. The van der Waals surface area contributed by atoms with Crippen LogP contribution in [0.4, 0.5) is 11.6 Å². The molecule has 1 heterocycles. The van der Waals surface area contributed by atoms with Gasteiger partial charge in [0.15, 0.2) is 5.82 Å². The first-order valence-corrected chi connectivity index (χ1v) is 4.56. The van der Waals surface area contributed by atoms with Crippen LogP contribution in [0.3, 0.4) is 0 Å². The fraction of sp³-hybridized carbons (Fsp3) is 0.375. The molecule has 7 heteroatoms. The third-order valence-electron chi connectivity index (χ3n) is 1.86. The first-order chi connectivity index (χ1) is 6.84. The van der Waals surface area contributed by atoms with E-state index in [1.54, 1.807) is 13.8 Å². The third kappa shape index (κ3) is 2.47. The minimum atomic E-state index is -0.954. The Hall–Kier alpha value is -1.56. The molecule has 15 heavy (non-hydrogen) atoms. The van der Waals surface area contributed by atoms with E-state index in [1.807, 2.05) is 0 Å². The number of nitrogens with zero attached hydrogens (tertiary/aromatic N) is 2. The van der Waals surface area contributed by atoms with Gasteiger partial charge in [0, 0.05) is 0 Å². The summed E-state index contributed by atoms with van der Waals surface area (Å²) in [7, 11) is 0. The van der Waals surface area contributed by atoms with Crippen molar-refractivity contribution in [2.75, 3.05) is 11.1 Å². The van der Waals surface area contributed by atoms with E-state index in [9.17, 15) is 4.79 Å². The minimum Gasteiger partial charge on any atom is -0.382 e. The van der Waals surface area contributed by atoms with Gasteiger partial charge in [0.05, 0.1) is 0 Å². The van der Waals surface area contributed by atoms with Crippen molar-refractivity contribution < 1.29 is 4.79 Å². The normalized spacial score (nSPS) is 11.1. The van der Waals surface area contributed by atoms with E-state index < -0.39 is 11.4 Å². The lowest BCUT2D eigenvalue weighted by atomic mass is 10.1. The van der Waals surface area contributed by atoms with Gasteiger partial charge in [-0.1, -0.05) is 11.6 Å². The number of hydrogen-bond acceptors (Lipinski definition) is 5. The van der Waals surface area contributed by atoms with Crippen LogP contribution in [0.5, 0.6) is 0 Å². The quantitative estimate of drug-likeness (QED) is 0.695. The SMILES string of the molecule is CC(C)(Nc1ncnc(N)c1Cl)C(N)=O. The third-order valence-corrected chi connectivity index (χ3v) is 2.24. The first-order valence-electron chi connectivity index (χ1n) is 4.18. The number of halogens is 1. The number of nitrogen functional groups attached to an aromatic ring is 1. The average Bonchev–Trinajstić information content (AvgIpc) is 2.12. The molecule has 0 spiro atoms. The fourth-order valence-corrected chi connectivity index (χ4v) is 0.973. The molecule has 1 amide bonds. The van der Waals surface area contributed by atoms with Gasteiger partial charge in [-0.15, -0.1) is 0 Å². The monoisotopic (exact) mass is 229 g/mol. The lowest BCUT2D eigenvalue weighted by Gasteiger charge is -2.23. The van der Waals surface area contributed by atoms with E-state index in [0.29, 0.717) is 0 Å². The van der Waals surface area contributed by atoms with Crippen LogP contribution < -0.4 is 16.8 Å². The molecule has 0 aliphatic heterocycles. The summed E-state index contributed by atoms with van der Waals surface area (Å²) >= 11 is 5.84. The van der Waals surface area contributed by atoms with Gasteiger partial charge >= 0.3 is 0 Å². The molecule has 0 aliphatic rings. The highest BCUT2D eigenvalue weighted by molar-refractivity contribution is 6.35. The second-order valence-electron chi connectivity index (χ2n) is 3.54. The van der Waals surface area contributed by atoms with Gasteiger partial charge in [0.25, 0.3) is 0 Å². The Kier molecular flexibility index (Phi) is 2.99. The number of primary amides is 1. The maximum absolute atomic E-state index is 11.1. The maximum atomic E-state index is 11.1. The molecule has 5 N–H and O–H groups in total. The predicted octanol–water partition coefficient (Wildman–Crippen LogP) is 0.388. The van der Waals surface area contributed by atoms with Crippen molar-refractivity contribution in [1.82, 2.24) is 9.97 Å². The minimum absolute atomic E-state index is 0.148. The number of hydrogen-bond donors (Lipinski definition) is 3. The molecule has 0 fully saturated rings. The van der Waals surface area contributed by atoms with Crippen LogP contribution in [0, 0.1) is 0 Å². The van der Waals surface area contributed by atoms with E-state index in [2.05, 4.69) is 15.3 Å². The molecular formula is C8H12ClN5O. The molecule has 0 aliphatic carbocycles. The maximum Gasteiger partial charge on any atom is 0.242 e. The van der Waals surface area contributed by atoms with Gasteiger partial charge in [0.1, 0.15) is 22.7 Å². The molecule has 0 aromatic carbocycles. The van der Waals surface area contributed by atoms with E-state index in [0.717, 1.165) is 0 Å². The Labute approximate surface area is 92.0 Å². The number of aromatic nitrogens is 2. The Morgan fingerprint density at radius 3 is 2.67 bits per heavy atom. The Balaban J connectivity index is 3.00. The van der Waals surface area contributed by atoms with Gasteiger partial charge in [0.2, 0.25) is 5.91 Å². The summed E-state index contributed by atoms with van der Waals surface area (Å²) in [4.78, 5) is 18.6. The topological polar surface area (TPSA) is 107 Å². The van der Waals surface area contributed by atoms with Crippen LogP contribution in [0.2, 0.25) is 5.02 Å². The molecule has 0 unspecified atom stereocenters. The molecule has 0 saturated carbocycles. The van der Waals surface area contributed by atoms with Crippen LogP contribution in [0.1, 0.15) is 13.8 Å². The summed E-state index contributed by atoms with van der Waals surface area (Å²) in [6.07, 6.45) is 1.25. The number of carbonyl (C=O) groups excluding carboxylic acids is 1. The second kappa shape index (κ2) is 3.90. The number of amides is 1. The number of nitrogens with one attached hydrogen (secondary N) is 1. The van der Waals surface area contributed by atoms with Crippen LogP contribution in [-0.2, 0) is 4.79 Å². The van der Waals surface area contributed by atoms with Gasteiger partial charge in [-0.05, 0) is 13.8 Å². The Bertz CT molecular complexity index is 393. The van der Waals surface area contributed by atoms with E-state index >= 15 is 0 Å². The zero-order valence-corrected chi connectivity index (χ0v) is 9.17. The number of carbonyl (C=O) groups is 1. The molecule has 0 saturated heterocycles. The number of anilines is 2. The number of nitrogens with two attached hydrogens (primary N) is 2. The van der Waals surface area contributed by atoms with Gasteiger partial charge in [-0.25, -0.2) is 9.97 Å². The van der Waals surface area contributed by atoms with Crippen molar-refractivity contribution >= 4 is 29.1 Å². The molecule has 0 atom stereocenters. The molecule has 0 radical (unpaired) electrons. The van der Waals surface area contributed by atoms with Gasteiger partial charge in [-0.3, -0.25) is 4.79 Å². The Morgan fingerprint density at radius 1 is 1.53 bits per heavy atom. The summed E-state index contributed by atoms with van der Waals surface area (Å²) in [6.45, 7) is 3.23. The average molecular weight is 230 g/mol. The van der Waals surface area contributed by atoms with Gasteiger partial charge in [-0.2, -0.15) is 0 Å². The van der Waals surface area contributed by atoms with E-state index in [4.69, 9.17) is 23.1 Å². The summed E-state index contributed by atoms with van der Waals surface area (Å²) in [5.41, 5.74) is 9.71. The summed E-state index contributed by atoms with van der Waals surface area (Å²) < 4.78 is 0. The van der Waals surface area contributed by atoms with Crippen molar-refractivity contribution in [2.24, 2.45) is 5.73 Å². The van der Waals surface area contributed by atoms with Crippen molar-refractivity contribution in [2.45, 2.75) is 19.4 Å². The van der Waals surface area contributed by atoms with E-state index in [1.165, 1.54) is 6.33 Å². The van der Waals surface area contributed by atoms with Crippen molar-refractivity contribution in [3.8, 4) is 0 Å². The molecule has 6 nitrogen and oxygen atoms in total. The molecule has 1 aromatic rings. The molecule has 1 rings (SSSR count). The Morgan fingerprint density at radius 2 is 2.13 bits per heavy atom. The first kappa shape index (κ1) is 11.5. The number of rotatable bonds is 3. The lowest BCUT2D eigenvalue weighted by Crippen LogP contribution is -2.45. The van der Waals surface area contributed by atoms with Crippen LogP contribution >= 0.6 is 11.6 Å². The zero-order chi connectivity index (χ0) is 11.6. The largest absolute Gasteiger partial charge is 0.382 e. The molecule has 1 aromatic heterocycles. The highest BCUT2D eigenvalue weighted by Gasteiger charge is 2.26. The molecule has 0 bridgehead atoms. The molecule has 82 valence electrons. The standard InChI is InChI=1S/C8H12ClN5O/c1-8(2,7(11)15)14-6-4(9)5(10)12-3-13-6/h3H,1-2H3,(H2,11,15)(H3,10,12,13,14). The summed E-state index contributed by atoms with van der Waals surface area (Å²) in [6, 6.07) is 0.